The first-order valence-corrected chi connectivity index (χ1v) is 6.02. The van der Waals surface area contributed by atoms with Crippen LogP contribution in [0.25, 0.3) is 11.1 Å². The maximum Gasteiger partial charge on any atom is 0.150 e. The zero-order valence-electron chi connectivity index (χ0n) is 10.9. The molecule has 0 saturated heterocycles. The van der Waals surface area contributed by atoms with Gasteiger partial charge >= 0.3 is 0 Å². The van der Waals surface area contributed by atoms with E-state index in [1.807, 2.05) is 31.2 Å². The summed E-state index contributed by atoms with van der Waals surface area (Å²) < 4.78 is 24.1. The summed E-state index contributed by atoms with van der Waals surface area (Å²) in [6.07, 6.45) is 0. The standard InChI is InChI=1S/C15H16FNO2/c1-3-19-12-6-4-10(5-7-12)11-8-13(16)15(17)14(9-11)18-2/h4-9H,3,17H2,1-2H3. The van der Waals surface area contributed by atoms with Gasteiger partial charge < -0.3 is 15.2 Å². The van der Waals surface area contributed by atoms with Crippen LogP contribution in [0, 0.1) is 5.82 Å². The van der Waals surface area contributed by atoms with Gasteiger partial charge in [0.05, 0.1) is 13.7 Å². The third-order valence-corrected chi connectivity index (χ3v) is 2.81. The van der Waals surface area contributed by atoms with Gasteiger partial charge in [0.1, 0.15) is 17.2 Å². The molecule has 0 saturated carbocycles. The van der Waals surface area contributed by atoms with Crippen molar-refractivity contribution < 1.29 is 13.9 Å². The predicted octanol–water partition coefficient (Wildman–Crippen LogP) is 3.48. The Morgan fingerprint density at radius 1 is 1.11 bits per heavy atom. The van der Waals surface area contributed by atoms with Gasteiger partial charge in [0.15, 0.2) is 5.82 Å². The van der Waals surface area contributed by atoms with Gasteiger partial charge in [-0.3, -0.25) is 0 Å². The number of benzene rings is 2. The van der Waals surface area contributed by atoms with Crippen LogP contribution < -0.4 is 15.2 Å². The van der Waals surface area contributed by atoms with E-state index in [4.69, 9.17) is 15.2 Å². The van der Waals surface area contributed by atoms with Gasteiger partial charge in [0.2, 0.25) is 0 Å². The summed E-state index contributed by atoms with van der Waals surface area (Å²) in [6, 6.07) is 10.5. The molecule has 0 bridgehead atoms. The molecule has 0 aliphatic rings. The first-order chi connectivity index (χ1) is 9.15. The highest BCUT2D eigenvalue weighted by molar-refractivity contribution is 5.70. The van der Waals surface area contributed by atoms with Crippen LogP contribution in [-0.4, -0.2) is 13.7 Å². The van der Waals surface area contributed by atoms with Gasteiger partial charge in [-0.05, 0) is 42.3 Å². The minimum Gasteiger partial charge on any atom is -0.494 e. The van der Waals surface area contributed by atoms with E-state index < -0.39 is 5.82 Å². The minimum atomic E-state index is -0.483. The number of nitrogen functional groups attached to an aromatic ring is 1. The van der Waals surface area contributed by atoms with E-state index in [1.54, 1.807) is 6.07 Å². The third-order valence-electron chi connectivity index (χ3n) is 2.81. The quantitative estimate of drug-likeness (QED) is 0.857. The summed E-state index contributed by atoms with van der Waals surface area (Å²) in [6.45, 7) is 2.54. The lowest BCUT2D eigenvalue weighted by Crippen LogP contribution is -1.97. The Labute approximate surface area is 111 Å². The van der Waals surface area contributed by atoms with Crippen LogP contribution in [0.2, 0.25) is 0 Å². The van der Waals surface area contributed by atoms with Crippen LogP contribution in [0.5, 0.6) is 11.5 Å². The van der Waals surface area contributed by atoms with Gasteiger partial charge in [-0.25, -0.2) is 4.39 Å². The molecule has 2 aromatic carbocycles. The molecule has 2 aromatic rings. The molecule has 0 radical (unpaired) electrons. The van der Waals surface area contributed by atoms with Crippen molar-refractivity contribution in [3.63, 3.8) is 0 Å². The zero-order valence-corrected chi connectivity index (χ0v) is 10.9. The second-order valence-electron chi connectivity index (χ2n) is 4.03. The molecular weight excluding hydrogens is 245 g/mol. The highest BCUT2D eigenvalue weighted by atomic mass is 19.1. The highest BCUT2D eigenvalue weighted by Gasteiger charge is 2.09. The topological polar surface area (TPSA) is 44.5 Å². The molecule has 0 atom stereocenters. The number of nitrogens with two attached hydrogens (primary N) is 1. The van der Waals surface area contributed by atoms with Crippen molar-refractivity contribution >= 4 is 5.69 Å². The molecule has 0 aliphatic heterocycles. The van der Waals surface area contributed by atoms with Gasteiger partial charge in [0.25, 0.3) is 0 Å². The molecule has 3 nitrogen and oxygen atoms in total. The molecule has 0 unspecified atom stereocenters. The maximum absolute atomic E-state index is 13.7. The average Bonchev–Trinajstić information content (AvgIpc) is 2.43. The molecule has 0 amide bonds. The van der Waals surface area contributed by atoms with Crippen molar-refractivity contribution in [1.82, 2.24) is 0 Å². The number of halogens is 1. The minimum absolute atomic E-state index is 0.0252. The molecule has 0 fully saturated rings. The van der Waals surface area contributed by atoms with E-state index in [0.717, 1.165) is 11.3 Å². The Morgan fingerprint density at radius 3 is 2.37 bits per heavy atom. The number of rotatable bonds is 4. The third kappa shape index (κ3) is 2.78. The smallest absolute Gasteiger partial charge is 0.150 e. The summed E-state index contributed by atoms with van der Waals surface area (Å²) in [5, 5.41) is 0. The van der Waals surface area contributed by atoms with Gasteiger partial charge in [-0.15, -0.1) is 0 Å². The van der Waals surface area contributed by atoms with Crippen LogP contribution in [0.4, 0.5) is 10.1 Å². The lowest BCUT2D eigenvalue weighted by molar-refractivity contribution is 0.340. The van der Waals surface area contributed by atoms with Crippen LogP contribution in [0.3, 0.4) is 0 Å². The monoisotopic (exact) mass is 261 g/mol. The van der Waals surface area contributed by atoms with Gasteiger partial charge in [-0.2, -0.15) is 0 Å². The molecule has 0 aromatic heterocycles. The summed E-state index contributed by atoms with van der Waals surface area (Å²) >= 11 is 0. The summed E-state index contributed by atoms with van der Waals surface area (Å²) in [7, 11) is 1.47. The van der Waals surface area contributed by atoms with Crippen molar-refractivity contribution in [2.75, 3.05) is 19.5 Å². The van der Waals surface area contributed by atoms with Gasteiger partial charge in [-0.1, -0.05) is 12.1 Å². The van der Waals surface area contributed by atoms with E-state index in [1.165, 1.54) is 13.2 Å². The fourth-order valence-corrected chi connectivity index (χ4v) is 1.84. The largest absolute Gasteiger partial charge is 0.494 e. The van der Waals surface area contributed by atoms with E-state index >= 15 is 0 Å². The first kappa shape index (κ1) is 13.2. The van der Waals surface area contributed by atoms with Gasteiger partial charge in [0, 0.05) is 0 Å². The second-order valence-corrected chi connectivity index (χ2v) is 4.03. The molecule has 0 spiro atoms. The van der Waals surface area contributed by atoms with Crippen LogP contribution in [0.1, 0.15) is 6.92 Å². The number of methoxy groups -OCH3 is 1. The molecular formula is C15H16FNO2. The Balaban J connectivity index is 2.38. The maximum atomic E-state index is 13.7. The molecule has 19 heavy (non-hydrogen) atoms. The Kier molecular flexibility index (Phi) is 3.90. The molecule has 0 aliphatic carbocycles. The highest BCUT2D eigenvalue weighted by Crippen LogP contribution is 2.32. The number of anilines is 1. The second kappa shape index (κ2) is 5.61. The number of ether oxygens (including phenoxy) is 2. The first-order valence-electron chi connectivity index (χ1n) is 6.02. The SMILES string of the molecule is CCOc1ccc(-c2cc(F)c(N)c(OC)c2)cc1. The fourth-order valence-electron chi connectivity index (χ4n) is 1.84. The summed E-state index contributed by atoms with van der Waals surface area (Å²) in [4.78, 5) is 0. The van der Waals surface area contributed by atoms with E-state index in [9.17, 15) is 4.39 Å². The molecule has 0 heterocycles. The van der Waals surface area contributed by atoms with Crippen molar-refractivity contribution in [3.8, 4) is 22.6 Å². The summed E-state index contributed by atoms with van der Waals surface area (Å²) in [5.74, 6) is 0.640. The van der Waals surface area contributed by atoms with Crippen LogP contribution in [-0.2, 0) is 0 Å². The van der Waals surface area contributed by atoms with E-state index in [0.29, 0.717) is 17.9 Å². The summed E-state index contributed by atoms with van der Waals surface area (Å²) in [5.41, 5.74) is 7.20. The average molecular weight is 261 g/mol. The van der Waals surface area contributed by atoms with Crippen molar-refractivity contribution in [2.24, 2.45) is 0 Å². The lowest BCUT2D eigenvalue weighted by Gasteiger charge is -2.10. The Bertz CT molecular complexity index is 567. The lowest BCUT2D eigenvalue weighted by atomic mass is 10.0. The van der Waals surface area contributed by atoms with Crippen molar-refractivity contribution in [3.05, 3.63) is 42.2 Å². The Morgan fingerprint density at radius 2 is 1.79 bits per heavy atom. The van der Waals surface area contributed by atoms with E-state index in [-0.39, 0.29) is 5.69 Å². The van der Waals surface area contributed by atoms with Crippen LogP contribution >= 0.6 is 0 Å². The van der Waals surface area contributed by atoms with Crippen molar-refractivity contribution in [1.29, 1.82) is 0 Å². The molecule has 2 N–H and O–H groups in total. The predicted molar refractivity (Wildman–Crippen MR) is 74.0 cm³/mol. The number of hydrogen-bond donors (Lipinski definition) is 1. The fraction of sp³-hybridized carbons (Fsp3) is 0.200. The number of hydrogen-bond acceptors (Lipinski definition) is 3. The van der Waals surface area contributed by atoms with E-state index in [2.05, 4.69) is 0 Å². The Hall–Kier alpha value is -2.23. The van der Waals surface area contributed by atoms with Crippen molar-refractivity contribution in [2.45, 2.75) is 6.92 Å². The zero-order chi connectivity index (χ0) is 13.8. The molecule has 2 rings (SSSR count). The van der Waals surface area contributed by atoms with Crippen LogP contribution in [0.15, 0.2) is 36.4 Å². The normalized spacial score (nSPS) is 10.3. The molecule has 4 heteroatoms. The molecule has 100 valence electrons.